The Kier molecular flexibility index (Phi) is 6.18. The van der Waals surface area contributed by atoms with Crippen molar-refractivity contribution >= 4 is 34.4 Å². The predicted molar refractivity (Wildman–Crippen MR) is 123 cm³/mol. The predicted octanol–water partition coefficient (Wildman–Crippen LogP) is 5.02. The molecule has 0 spiro atoms. The van der Waals surface area contributed by atoms with Crippen LogP contribution >= 0.6 is 11.6 Å². The number of aromatic nitrogens is 3. The first-order chi connectivity index (χ1) is 15.0. The van der Waals surface area contributed by atoms with Crippen molar-refractivity contribution in [2.45, 2.75) is 26.3 Å². The van der Waals surface area contributed by atoms with Gasteiger partial charge in [0, 0.05) is 29.7 Å². The van der Waals surface area contributed by atoms with Gasteiger partial charge in [0.25, 0.3) is 0 Å². The van der Waals surface area contributed by atoms with E-state index in [1.54, 1.807) is 19.4 Å². The molecule has 2 heterocycles. The molecule has 4 rings (SSSR count). The van der Waals surface area contributed by atoms with Crippen molar-refractivity contribution in [3.63, 3.8) is 0 Å². The Labute approximate surface area is 185 Å². The monoisotopic (exact) mass is 434 g/mol. The van der Waals surface area contributed by atoms with Gasteiger partial charge in [-0.1, -0.05) is 29.8 Å². The summed E-state index contributed by atoms with van der Waals surface area (Å²) in [5.74, 6) is 1.54. The fourth-order valence-electron chi connectivity index (χ4n) is 3.40. The molecule has 0 saturated carbocycles. The van der Waals surface area contributed by atoms with Crippen LogP contribution in [0.5, 0.6) is 5.75 Å². The lowest BCUT2D eigenvalue weighted by molar-refractivity contribution is -0.116. The minimum Gasteiger partial charge on any atom is -0.497 e. The number of nitrogens with one attached hydrogen (secondary N) is 1. The second kappa shape index (κ2) is 9.18. The van der Waals surface area contributed by atoms with E-state index >= 15 is 0 Å². The molecule has 0 aliphatic carbocycles. The van der Waals surface area contributed by atoms with Gasteiger partial charge in [0.2, 0.25) is 5.91 Å². The number of benzene rings is 2. The first-order valence-electron chi connectivity index (χ1n) is 10.0. The molecule has 2 aromatic carbocycles. The van der Waals surface area contributed by atoms with Gasteiger partial charge >= 0.3 is 0 Å². The summed E-state index contributed by atoms with van der Waals surface area (Å²) in [4.78, 5) is 21.7. The Bertz CT molecular complexity index is 1220. The summed E-state index contributed by atoms with van der Waals surface area (Å²) in [7, 11) is 1.65. The zero-order valence-electron chi connectivity index (χ0n) is 17.4. The van der Waals surface area contributed by atoms with Gasteiger partial charge in [0.05, 0.1) is 13.7 Å². The highest BCUT2D eigenvalue weighted by atomic mass is 35.5. The average Bonchev–Trinajstić information content (AvgIpc) is 3.13. The second-order valence-electron chi connectivity index (χ2n) is 7.32. The highest BCUT2D eigenvalue weighted by Gasteiger charge is 2.14. The number of aryl methyl sites for hydroxylation is 2. The number of carbonyl (C=O) groups excluding carboxylic acids is 1. The summed E-state index contributed by atoms with van der Waals surface area (Å²) in [6.07, 6.45) is 2.56. The molecular weight excluding hydrogens is 412 g/mol. The van der Waals surface area contributed by atoms with E-state index in [0.717, 1.165) is 33.9 Å². The fourth-order valence-corrected chi connectivity index (χ4v) is 3.58. The zero-order chi connectivity index (χ0) is 21.8. The van der Waals surface area contributed by atoms with Crippen LogP contribution in [-0.4, -0.2) is 27.6 Å². The van der Waals surface area contributed by atoms with E-state index in [4.69, 9.17) is 21.3 Å². The Morgan fingerprint density at radius 2 is 1.97 bits per heavy atom. The molecule has 0 fully saturated rings. The number of rotatable bonds is 7. The molecule has 0 bridgehead atoms. The number of ether oxygens (including phenoxy) is 1. The van der Waals surface area contributed by atoms with E-state index in [9.17, 15) is 4.79 Å². The van der Waals surface area contributed by atoms with Gasteiger partial charge in [-0.25, -0.2) is 9.97 Å². The molecule has 7 heteroatoms. The molecule has 0 aliphatic heterocycles. The number of carbonyl (C=O) groups is 1. The zero-order valence-corrected chi connectivity index (χ0v) is 18.2. The third-order valence-corrected chi connectivity index (χ3v) is 5.52. The molecule has 4 aromatic rings. The number of amides is 1. The molecule has 2 aromatic heterocycles. The molecule has 0 radical (unpaired) electrons. The molecule has 0 atom stereocenters. The maximum Gasteiger partial charge on any atom is 0.224 e. The quantitative estimate of drug-likeness (QED) is 0.443. The lowest BCUT2D eigenvalue weighted by atomic mass is 10.2. The van der Waals surface area contributed by atoms with Crippen LogP contribution < -0.4 is 10.1 Å². The van der Waals surface area contributed by atoms with E-state index in [2.05, 4.69) is 14.9 Å². The molecule has 0 unspecified atom stereocenters. The molecule has 158 valence electrons. The van der Waals surface area contributed by atoms with Gasteiger partial charge in [-0.05, 0) is 54.4 Å². The third-order valence-electron chi connectivity index (χ3n) is 5.11. The topological polar surface area (TPSA) is 69.0 Å². The Balaban J connectivity index is 1.51. The van der Waals surface area contributed by atoms with Crippen molar-refractivity contribution in [3.05, 3.63) is 82.8 Å². The Hall–Kier alpha value is -3.38. The standard InChI is InChI=1S/C24H23ClN4O2/c1-16-5-8-18(14-20(16)25)27-23(30)12-11-22-28-21-4-3-13-26-24(21)29(22)15-17-6-9-19(31-2)10-7-17/h3-10,13-14H,11-12,15H2,1-2H3,(H,27,30). The highest BCUT2D eigenvalue weighted by molar-refractivity contribution is 6.31. The van der Waals surface area contributed by atoms with Crippen molar-refractivity contribution in [3.8, 4) is 5.75 Å². The fraction of sp³-hybridized carbons (Fsp3) is 0.208. The Morgan fingerprint density at radius 3 is 2.71 bits per heavy atom. The number of anilines is 1. The number of methoxy groups -OCH3 is 1. The van der Waals surface area contributed by atoms with Crippen LogP contribution in [0.3, 0.4) is 0 Å². The SMILES string of the molecule is COc1ccc(Cn2c(CCC(=O)Nc3ccc(C)c(Cl)c3)nc3cccnc32)cc1. The van der Waals surface area contributed by atoms with E-state index in [-0.39, 0.29) is 5.91 Å². The largest absolute Gasteiger partial charge is 0.497 e. The van der Waals surface area contributed by atoms with Crippen LogP contribution in [0.1, 0.15) is 23.4 Å². The summed E-state index contributed by atoms with van der Waals surface area (Å²) >= 11 is 6.15. The lowest BCUT2D eigenvalue weighted by Gasteiger charge is -2.10. The minimum absolute atomic E-state index is 0.0871. The second-order valence-corrected chi connectivity index (χ2v) is 7.73. The number of imidazole rings is 1. The first kappa shape index (κ1) is 20.9. The van der Waals surface area contributed by atoms with Crippen molar-refractivity contribution in [1.82, 2.24) is 14.5 Å². The summed E-state index contributed by atoms with van der Waals surface area (Å²) < 4.78 is 7.30. The van der Waals surface area contributed by atoms with E-state index in [0.29, 0.717) is 30.1 Å². The summed E-state index contributed by atoms with van der Waals surface area (Å²) in [6, 6.07) is 17.2. The van der Waals surface area contributed by atoms with Gasteiger partial charge in [0.1, 0.15) is 17.1 Å². The van der Waals surface area contributed by atoms with Crippen LogP contribution in [0.2, 0.25) is 5.02 Å². The molecular formula is C24H23ClN4O2. The molecule has 6 nitrogen and oxygen atoms in total. The van der Waals surface area contributed by atoms with Crippen molar-refractivity contribution < 1.29 is 9.53 Å². The number of fused-ring (bicyclic) bond motifs is 1. The highest BCUT2D eigenvalue weighted by Crippen LogP contribution is 2.21. The van der Waals surface area contributed by atoms with Gasteiger partial charge in [0.15, 0.2) is 5.65 Å². The smallest absolute Gasteiger partial charge is 0.224 e. The minimum atomic E-state index is -0.0871. The molecule has 0 aliphatic rings. The molecule has 1 amide bonds. The molecule has 31 heavy (non-hydrogen) atoms. The summed E-state index contributed by atoms with van der Waals surface area (Å²) in [5, 5.41) is 3.54. The van der Waals surface area contributed by atoms with Crippen molar-refractivity contribution in [1.29, 1.82) is 0 Å². The van der Waals surface area contributed by atoms with Crippen LogP contribution in [-0.2, 0) is 17.8 Å². The number of halogens is 1. The number of pyridine rings is 1. The van der Waals surface area contributed by atoms with Gasteiger partial charge < -0.3 is 14.6 Å². The van der Waals surface area contributed by atoms with Crippen molar-refractivity contribution in [2.24, 2.45) is 0 Å². The van der Waals surface area contributed by atoms with Gasteiger partial charge in [-0.2, -0.15) is 0 Å². The lowest BCUT2D eigenvalue weighted by Crippen LogP contribution is -2.14. The van der Waals surface area contributed by atoms with Gasteiger partial charge in [-0.15, -0.1) is 0 Å². The number of hydrogen-bond donors (Lipinski definition) is 1. The maximum atomic E-state index is 12.5. The van der Waals surface area contributed by atoms with Crippen molar-refractivity contribution in [2.75, 3.05) is 12.4 Å². The summed E-state index contributed by atoms with van der Waals surface area (Å²) in [6.45, 7) is 2.54. The average molecular weight is 435 g/mol. The first-order valence-corrected chi connectivity index (χ1v) is 10.4. The molecule has 1 N–H and O–H groups in total. The van der Waals surface area contributed by atoms with Crippen LogP contribution in [0.4, 0.5) is 5.69 Å². The number of hydrogen-bond acceptors (Lipinski definition) is 4. The normalized spacial score (nSPS) is 10.9. The van der Waals surface area contributed by atoms with Crippen LogP contribution in [0.25, 0.3) is 11.2 Å². The van der Waals surface area contributed by atoms with E-state index < -0.39 is 0 Å². The van der Waals surface area contributed by atoms with E-state index in [1.165, 1.54) is 0 Å². The van der Waals surface area contributed by atoms with Crippen LogP contribution in [0.15, 0.2) is 60.8 Å². The Morgan fingerprint density at radius 1 is 1.16 bits per heavy atom. The van der Waals surface area contributed by atoms with Gasteiger partial charge in [-0.3, -0.25) is 4.79 Å². The van der Waals surface area contributed by atoms with Crippen LogP contribution in [0, 0.1) is 6.92 Å². The maximum absolute atomic E-state index is 12.5. The number of nitrogens with zero attached hydrogens (tertiary/aromatic N) is 3. The van der Waals surface area contributed by atoms with E-state index in [1.807, 2.05) is 55.5 Å². The third kappa shape index (κ3) is 4.86. The summed E-state index contributed by atoms with van der Waals surface area (Å²) in [5.41, 5.74) is 4.38. The molecule has 0 saturated heterocycles.